The summed E-state index contributed by atoms with van der Waals surface area (Å²) < 4.78 is 0. The minimum atomic E-state index is -0.536. The zero-order valence-electron chi connectivity index (χ0n) is 10.4. The summed E-state index contributed by atoms with van der Waals surface area (Å²) in [6.07, 6.45) is 7.86. The van der Waals surface area contributed by atoms with Crippen molar-refractivity contribution in [2.75, 3.05) is 0 Å². The van der Waals surface area contributed by atoms with Crippen molar-refractivity contribution in [2.45, 2.75) is 25.2 Å². The number of amides is 1. The van der Waals surface area contributed by atoms with Gasteiger partial charge < -0.3 is 5.73 Å². The number of carbonyl (C=O) groups is 1. The number of rotatable bonds is 2. The van der Waals surface area contributed by atoms with Crippen molar-refractivity contribution in [1.82, 2.24) is 15.0 Å². The Morgan fingerprint density at radius 3 is 2.79 bits per heavy atom. The Kier molecular flexibility index (Phi) is 2.95. The van der Waals surface area contributed by atoms with Crippen molar-refractivity contribution < 1.29 is 4.79 Å². The van der Waals surface area contributed by atoms with Crippen molar-refractivity contribution in [2.24, 2.45) is 5.73 Å². The lowest BCUT2D eigenvalue weighted by Crippen LogP contribution is -2.22. The minimum absolute atomic E-state index is 0.0150. The van der Waals surface area contributed by atoms with Crippen molar-refractivity contribution in [3.8, 4) is 0 Å². The Balaban J connectivity index is 2.12. The molecule has 0 spiro atoms. The summed E-state index contributed by atoms with van der Waals surface area (Å²) in [5.74, 6) is -0.521. The first-order valence-corrected chi connectivity index (χ1v) is 6.32. The van der Waals surface area contributed by atoms with Crippen LogP contribution >= 0.6 is 0 Å². The summed E-state index contributed by atoms with van der Waals surface area (Å²) in [6.45, 7) is 0. The van der Waals surface area contributed by atoms with Crippen LogP contribution < -0.4 is 5.73 Å². The van der Waals surface area contributed by atoms with Crippen molar-refractivity contribution >= 4 is 5.91 Å². The average Bonchev–Trinajstić information content (AvgIpc) is 2.46. The van der Waals surface area contributed by atoms with Gasteiger partial charge in [0.15, 0.2) is 0 Å². The number of hydrogen-bond acceptors (Lipinski definition) is 4. The first-order chi connectivity index (χ1) is 9.27. The SMILES string of the molecule is NC(=O)c1nccnc1C1CCCc2cccnc21. The van der Waals surface area contributed by atoms with E-state index < -0.39 is 5.91 Å². The van der Waals surface area contributed by atoms with Gasteiger partial charge in [-0.3, -0.25) is 14.8 Å². The third-order valence-corrected chi connectivity index (χ3v) is 3.49. The topological polar surface area (TPSA) is 81.8 Å². The molecular weight excluding hydrogens is 240 g/mol. The number of hydrogen-bond donors (Lipinski definition) is 1. The highest BCUT2D eigenvalue weighted by atomic mass is 16.1. The molecule has 5 heteroatoms. The monoisotopic (exact) mass is 254 g/mol. The first-order valence-electron chi connectivity index (χ1n) is 6.32. The molecule has 2 heterocycles. The van der Waals surface area contributed by atoms with E-state index in [4.69, 9.17) is 5.73 Å². The highest BCUT2D eigenvalue weighted by molar-refractivity contribution is 5.92. The molecular formula is C14H14N4O. The van der Waals surface area contributed by atoms with Gasteiger partial charge in [-0.1, -0.05) is 6.07 Å². The highest BCUT2D eigenvalue weighted by Gasteiger charge is 2.27. The summed E-state index contributed by atoms with van der Waals surface area (Å²) in [7, 11) is 0. The zero-order valence-corrected chi connectivity index (χ0v) is 10.4. The molecule has 0 fully saturated rings. The van der Waals surface area contributed by atoms with E-state index in [1.54, 1.807) is 12.4 Å². The van der Waals surface area contributed by atoms with Gasteiger partial charge in [-0.15, -0.1) is 0 Å². The van der Waals surface area contributed by atoms with Crippen LogP contribution in [-0.2, 0) is 6.42 Å². The molecule has 19 heavy (non-hydrogen) atoms. The molecule has 0 aromatic carbocycles. The van der Waals surface area contributed by atoms with Crippen LogP contribution in [0.2, 0.25) is 0 Å². The Labute approximate surface area is 110 Å². The number of nitrogens with two attached hydrogens (primary N) is 1. The maximum atomic E-state index is 11.5. The second-order valence-corrected chi connectivity index (χ2v) is 4.65. The molecule has 1 atom stereocenters. The maximum Gasteiger partial charge on any atom is 0.269 e. The fourth-order valence-corrected chi connectivity index (χ4v) is 2.67. The molecule has 1 unspecified atom stereocenters. The maximum absolute atomic E-state index is 11.5. The van der Waals surface area contributed by atoms with Crippen LogP contribution in [0.15, 0.2) is 30.7 Å². The van der Waals surface area contributed by atoms with Gasteiger partial charge in [0.05, 0.1) is 11.4 Å². The molecule has 0 saturated heterocycles. The van der Waals surface area contributed by atoms with Crippen LogP contribution in [0.5, 0.6) is 0 Å². The number of primary amides is 1. The molecule has 0 bridgehead atoms. The molecule has 1 amide bonds. The first kappa shape index (κ1) is 11.8. The summed E-state index contributed by atoms with van der Waals surface area (Å²) in [5, 5.41) is 0. The van der Waals surface area contributed by atoms with Crippen molar-refractivity contribution in [1.29, 1.82) is 0 Å². The average molecular weight is 254 g/mol. The largest absolute Gasteiger partial charge is 0.364 e. The standard InChI is InChI=1S/C14H14N4O/c15-14(19)13-12(17-7-8-18-13)10-5-1-3-9-4-2-6-16-11(9)10/h2,4,6-8,10H,1,3,5H2,(H2,15,19). The van der Waals surface area contributed by atoms with Crippen LogP contribution in [0.3, 0.4) is 0 Å². The van der Waals surface area contributed by atoms with Crippen LogP contribution in [-0.4, -0.2) is 20.9 Å². The zero-order chi connectivity index (χ0) is 13.2. The van der Waals surface area contributed by atoms with Gasteiger partial charge in [0.1, 0.15) is 5.69 Å². The van der Waals surface area contributed by atoms with E-state index in [0.717, 1.165) is 25.0 Å². The number of aryl methyl sites for hydroxylation is 1. The number of fused-ring (bicyclic) bond motifs is 1. The Morgan fingerprint density at radius 1 is 1.16 bits per heavy atom. The molecule has 0 radical (unpaired) electrons. The lowest BCUT2D eigenvalue weighted by Gasteiger charge is -2.24. The number of pyridine rings is 1. The number of aromatic nitrogens is 3. The van der Waals surface area contributed by atoms with Gasteiger partial charge in [0.2, 0.25) is 0 Å². The Hall–Kier alpha value is -2.30. The van der Waals surface area contributed by atoms with E-state index in [2.05, 4.69) is 21.0 Å². The van der Waals surface area contributed by atoms with Crippen molar-refractivity contribution in [3.05, 3.63) is 53.4 Å². The van der Waals surface area contributed by atoms with Crippen molar-refractivity contribution in [3.63, 3.8) is 0 Å². The van der Waals surface area contributed by atoms with Gasteiger partial charge >= 0.3 is 0 Å². The Morgan fingerprint density at radius 2 is 1.95 bits per heavy atom. The molecule has 2 aromatic rings. The fraction of sp³-hybridized carbons (Fsp3) is 0.286. The normalized spacial score (nSPS) is 17.8. The smallest absolute Gasteiger partial charge is 0.269 e. The molecule has 5 nitrogen and oxygen atoms in total. The highest BCUT2D eigenvalue weighted by Crippen LogP contribution is 2.34. The lowest BCUT2D eigenvalue weighted by atomic mass is 9.83. The van der Waals surface area contributed by atoms with E-state index in [1.807, 2.05) is 6.07 Å². The number of carbonyl (C=O) groups excluding carboxylic acids is 1. The van der Waals surface area contributed by atoms with Gasteiger partial charge in [-0.05, 0) is 30.9 Å². The molecule has 1 aliphatic rings. The third kappa shape index (κ3) is 2.07. The molecule has 0 aliphatic heterocycles. The van der Waals surface area contributed by atoms with E-state index in [1.165, 1.54) is 11.8 Å². The summed E-state index contributed by atoms with van der Waals surface area (Å²) >= 11 is 0. The molecule has 2 aromatic heterocycles. The predicted molar refractivity (Wildman–Crippen MR) is 69.6 cm³/mol. The number of nitrogens with zero attached hydrogens (tertiary/aromatic N) is 3. The Bertz CT molecular complexity index is 626. The molecule has 1 aliphatic carbocycles. The van der Waals surface area contributed by atoms with Gasteiger partial charge in [0, 0.05) is 24.5 Å². The van der Waals surface area contributed by atoms with Gasteiger partial charge in [-0.25, -0.2) is 4.98 Å². The third-order valence-electron chi connectivity index (χ3n) is 3.49. The quantitative estimate of drug-likeness (QED) is 0.879. The van der Waals surface area contributed by atoms with E-state index in [9.17, 15) is 4.79 Å². The van der Waals surface area contributed by atoms with Crippen LogP contribution in [0.25, 0.3) is 0 Å². The minimum Gasteiger partial charge on any atom is -0.364 e. The van der Waals surface area contributed by atoms with E-state index in [0.29, 0.717) is 5.69 Å². The summed E-state index contributed by atoms with van der Waals surface area (Å²) in [6, 6.07) is 4.02. The van der Waals surface area contributed by atoms with Crippen LogP contribution in [0.1, 0.15) is 46.2 Å². The van der Waals surface area contributed by atoms with Gasteiger partial charge in [0.25, 0.3) is 5.91 Å². The van der Waals surface area contributed by atoms with Crippen LogP contribution in [0, 0.1) is 0 Å². The molecule has 2 N–H and O–H groups in total. The van der Waals surface area contributed by atoms with E-state index >= 15 is 0 Å². The molecule has 0 saturated carbocycles. The van der Waals surface area contributed by atoms with E-state index in [-0.39, 0.29) is 11.6 Å². The summed E-state index contributed by atoms with van der Waals surface area (Å²) in [4.78, 5) is 24.3. The van der Waals surface area contributed by atoms with Gasteiger partial charge in [-0.2, -0.15) is 0 Å². The van der Waals surface area contributed by atoms with Crippen LogP contribution in [0.4, 0.5) is 0 Å². The molecule has 3 rings (SSSR count). The second kappa shape index (κ2) is 4.76. The fourth-order valence-electron chi connectivity index (χ4n) is 2.67. The second-order valence-electron chi connectivity index (χ2n) is 4.65. The lowest BCUT2D eigenvalue weighted by molar-refractivity contribution is 0.0993. The molecule has 96 valence electrons. The predicted octanol–water partition coefficient (Wildman–Crippen LogP) is 1.44. The summed E-state index contributed by atoms with van der Waals surface area (Å²) in [5.41, 5.74) is 8.50.